The van der Waals surface area contributed by atoms with Crippen molar-refractivity contribution in [2.75, 3.05) is 32.4 Å². The number of fused-ring (bicyclic) bond motifs is 1. The molecule has 4 rings (SSSR count). The summed E-state index contributed by atoms with van der Waals surface area (Å²) in [5.41, 5.74) is 0.102. The number of H-pyrrole nitrogens is 1. The maximum atomic E-state index is 12.7. The molecule has 2 aromatic carbocycles. The van der Waals surface area contributed by atoms with Crippen LogP contribution in [0.3, 0.4) is 0 Å². The predicted molar refractivity (Wildman–Crippen MR) is 133 cm³/mol. The quantitative estimate of drug-likeness (QED) is 0.429. The number of β-amino-alcohol motifs (C(OH)–C–C–N with tert-alkyl or cyclic N) is 1. The van der Waals surface area contributed by atoms with Gasteiger partial charge >= 0.3 is 0 Å². The molecule has 35 heavy (non-hydrogen) atoms. The smallest absolute Gasteiger partial charge is 0.255 e. The summed E-state index contributed by atoms with van der Waals surface area (Å²) in [5.74, 6) is 0.277. The number of amides is 1. The van der Waals surface area contributed by atoms with Gasteiger partial charge in [-0.3, -0.25) is 9.59 Å². The summed E-state index contributed by atoms with van der Waals surface area (Å²) in [7, 11) is -3.24. The summed E-state index contributed by atoms with van der Waals surface area (Å²) in [4.78, 5) is 29.6. The molecule has 1 amide bonds. The number of aromatic amines is 1. The first kappa shape index (κ1) is 24.9. The third kappa shape index (κ3) is 6.27. The number of rotatable bonds is 8. The predicted octanol–water partition coefficient (Wildman–Crippen LogP) is 1.57. The minimum atomic E-state index is -3.24. The molecular formula is C25H29N3O6S. The molecule has 0 aliphatic carbocycles. The molecule has 10 heteroatoms. The third-order valence-electron chi connectivity index (χ3n) is 6.11. The van der Waals surface area contributed by atoms with Gasteiger partial charge in [-0.15, -0.1) is 0 Å². The third-order valence-corrected chi connectivity index (χ3v) is 7.24. The normalized spacial score (nSPS) is 16.2. The van der Waals surface area contributed by atoms with Crippen LogP contribution < -0.4 is 15.6 Å². The van der Waals surface area contributed by atoms with Gasteiger partial charge in [0.15, 0.2) is 9.84 Å². The van der Waals surface area contributed by atoms with Gasteiger partial charge in [-0.1, -0.05) is 18.2 Å². The van der Waals surface area contributed by atoms with Gasteiger partial charge < -0.3 is 25.0 Å². The fourth-order valence-corrected chi connectivity index (χ4v) is 4.86. The van der Waals surface area contributed by atoms with E-state index in [0.29, 0.717) is 28.6 Å². The Balaban J connectivity index is 1.23. The van der Waals surface area contributed by atoms with Crippen LogP contribution in [0.4, 0.5) is 0 Å². The second-order valence-electron chi connectivity index (χ2n) is 8.80. The average Bonchev–Trinajstić information content (AvgIpc) is 2.84. The van der Waals surface area contributed by atoms with Gasteiger partial charge in [0.2, 0.25) is 0 Å². The summed E-state index contributed by atoms with van der Waals surface area (Å²) in [5, 5.41) is 14.2. The lowest BCUT2D eigenvalue weighted by Gasteiger charge is -2.33. The molecule has 0 unspecified atom stereocenters. The Morgan fingerprint density at radius 1 is 1.14 bits per heavy atom. The van der Waals surface area contributed by atoms with E-state index in [4.69, 9.17) is 4.74 Å². The highest BCUT2D eigenvalue weighted by molar-refractivity contribution is 7.90. The van der Waals surface area contributed by atoms with Crippen LogP contribution in [0, 0.1) is 0 Å². The highest BCUT2D eigenvalue weighted by atomic mass is 32.2. The molecule has 0 saturated carbocycles. The Kier molecular flexibility index (Phi) is 7.54. The number of hydrogen-bond donors (Lipinski definition) is 3. The molecule has 0 radical (unpaired) electrons. The van der Waals surface area contributed by atoms with Crippen molar-refractivity contribution >= 4 is 26.5 Å². The van der Waals surface area contributed by atoms with Gasteiger partial charge in [-0.2, -0.15) is 0 Å². The standard InChI is InChI=1S/C25H29N3O6S/c1-35(32,33)20-8-6-18(7-9-20)34-19-10-12-28(13-11-19)16-17(29)14-26-25(31)23-15-27-24(30)22-5-3-2-4-21(22)23/h2-9,15,17,19,29H,10-14,16H2,1H3,(H,26,31)(H,27,30)/t17-/m1/s1. The minimum absolute atomic E-state index is 0.0145. The van der Waals surface area contributed by atoms with Crippen molar-refractivity contribution in [3.05, 3.63) is 70.6 Å². The molecule has 0 bridgehead atoms. The topological polar surface area (TPSA) is 129 Å². The number of likely N-dealkylation sites (tertiary alicyclic amines) is 1. The fourth-order valence-electron chi connectivity index (χ4n) is 4.23. The van der Waals surface area contributed by atoms with E-state index in [1.807, 2.05) is 0 Å². The molecular weight excluding hydrogens is 470 g/mol. The Morgan fingerprint density at radius 3 is 2.46 bits per heavy atom. The van der Waals surface area contributed by atoms with E-state index in [0.717, 1.165) is 25.9 Å². The van der Waals surface area contributed by atoms with Crippen molar-refractivity contribution in [3.63, 3.8) is 0 Å². The van der Waals surface area contributed by atoms with Crippen LogP contribution >= 0.6 is 0 Å². The molecule has 1 aromatic heterocycles. The molecule has 0 spiro atoms. The van der Waals surface area contributed by atoms with Crippen molar-refractivity contribution in [2.24, 2.45) is 0 Å². The van der Waals surface area contributed by atoms with Crippen LogP contribution in [-0.4, -0.2) is 74.0 Å². The molecule has 186 valence electrons. The molecule has 1 atom stereocenters. The van der Waals surface area contributed by atoms with Gasteiger partial charge in [0.05, 0.1) is 16.6 Å². The van der Waals surface area contributed by atoms with Gasteiger partial charge in [0.1, 0.15) is 11.9 Å². The number of piperidine rings is 1. The lowest BCUT2D eigenvalue weighted by atomic mass is 10.1. The first-order chi connectivity index (χ1) is 16.7. The summed E-state index contributed by atoms with van der Waals surface area (Å²) < 4.78 is 29.1. The van der Waals surface area contributed by atoms with Gasteiger partial charge in [-0.25, -0.2) is 8.42 Å². The zero-order valence-corrected chi connectivity index (χ0v) is 20.3. The Labute approximate surface area is 203 Å². The van der Waals surface area contributed by atoms with E-state index >= 15 is 0 Å². The Morgan fingerprint density at radius 2 is 1.80 bits per heavy atom. The van der Waals surface area contributed by atoms with Crippen LogP contribution in [0.5, 0.6) is 5.75 Å². The zero-order chi connectivity index (χ0) is 25.0. The molecule has 2 heterocycles. The largest absolute Gasteiger partial charge is 0.490 e. The van der Waals surface area contributed by atoms with Gasteiger partial charge in [0, 0.05) is 49.4 Å². The number of nitrogens with zero attached hydrogens (tertiary/aromatic N) is 1. The summed E-state index contributed by atoms with van der Waals surface area (Å²) in [6.07, 6.45) is 3.39. The second kappa shape index (κ2) is 10.6. The maximum Gasteiger partial charge on any atom is 0.255 e. The SMILES string of the molecule is CS(=O)(=O)c1ccc(OC2CCN(C[C@H](O)CNC(=O)c3c[nH]c(=O)c4ccccc34)CC2)cc1. The average molecular weight is 500 g/mol. The lowest BCUT2D eigenvalue weighted by molar-refractivity contribution is 0.0594. The molecule has 3 N–H and O–H groups in total. The number of nitrogens with one attached hydrogen (secondary N) is 2. The zero-order valence-electron chi connectivity index (χ0n) is 19.4. The number of pyridine rings is 1. The van der Waals surface area contributed by atoms with Crippen molar-refractivity contribution < 1.29 is 23.1 Å². The van der Waals surface area contributed by atoms with Crippen molar-refractivity contribution in [1.82, 2.24) is 15.2 Å². The van der Waals surface area contributed by atoms with Crippen LogP contribution in [-0.2, 0) is 9.84 Å². The number of benzene rings is 2. The van der Waals surface area contributed by atoms with Crippen molar-refractivity contribution in [1.29, 1.82) is 0 Å². The minimum Gasteiger partial charge on any atom is -0.490 e. The number of carbonyl (C=O) groups is 1. The molecule has 3 aromatic rings. The van der Waals surface area contributed by atoms with Crippen molar-refractivity contribution in [2.45, 2.75) is 29.9 Å². The molecule has 1 aliphatic heterocycles. The molecule has 9 nitrogen and oxygen atoms in total. The number of carbonyl (C=O) groups excluding carboxylic acids is 1. The number of hydrogen-bond acceptors (Lipinski definition) is 7. The van der Waals surface area contributed by atoms with Gasteiger partial charge in [-0.05, 0) is 43.2 Å². The van der Waals surface area contributed by atoms with Crippen LogP contribution in [0.2, 0.25) is 0 Å². The number of aliphatic hydroxyl groups is 1. The van der Waals surface area contributed by atoms with E-state index < -0.39 is 15.9 Å². The second-order valence-corrected chi connectivity index (χ2v) is 10.8. The highest BCUT2D eigenvalue weighted by Crippen LogP contribution is 2.21. The fraction of sp³-hybridized carbons (Fsp3) is 0.360. The monoisotopic (exact) mass is 499 g/mol. The Bertz CT molecular complexity index is 1350. The highest BCUT2D eigenvalue weighted by Gasteiger charge is 2.23. The number of sulfone groups is 1. The summed E-state index contributed by atoms with van der Waals surface area (Å²) in [6, 6.07) is 13.3. The molecule has 1 aliphatic rings. The van der Waals surface area contributed by atoms with Crippen LogP contribution in [0.15, 0.2) is 64.4 Å². The van der Waals surface area contributed by atoms with E-state index in [1.54, 1.807) is 48.5 Å². The van der Waals surface area contributed by atoms with Gasteiger partial charge in [0.25, 0.3) is 11.5 Å². The first-order valence-corrected chi connectivity index (χ1v) is 13.4. The summed E-state index contributed by atoms with van der Waals surface area (Å²) >= 11 is 0. The first-order valence-electron chi connectivity index (χ1n) is 11.5. The van der Waals surface area contributed by atoms with Crippen LogP contribution in [0.25, 0.3) is 10.8 Å². The van der Waals surface area contributed by atoms with Crippen molar-refractivity contribution in [3.8, 4) is 5.75 Å². The lowest BCUT2D eigenvalue weighted by Crippen LogP contribution is -2.45. The van der Waals surface area contributed by atoms with Crippen LogP contribution in [0.1, 0.15) is 23.2 Å². The van der Waals surface area contributed by atoms with E-state index in [2.05, 4.69) is 15.2 Å². The molecule has 1 fully saturated rings. The summed E-state index contributed by atoms with van der Waals surface area (Å²) in [6.45, 7) is 1.99. The van der Waals surface area contributed by atoms with E-state index in [1.165, 1.54) is 12.5 Å². The molecule has 1 saturated heterocycles. The van der Waals surface area contributed by atoms with E-state index in [9.17, 15) is 23.1 Å². The van der Waals surface area contributed by atoms with E-state index in [-0.39, 0.29) is 29.0 Å². The number of ether oxygens (including phenoxy) is 1. The maximum absolute atomic E-state index is 12.7. The Hall–Kier alpha value is -3.21. The number of aliphatic hydroxyl groups excluding tert-OH is 1. The number of aromatic nitrogens is 1.